The number of allylic oxidation sites excluding steroid dienone is 2. The molecule has 0 bridgehead atoms. The van der Waals surface area contributed by atoms with Gasteiger partial charge in [-0.1, -0.05) is 133 Å². The van der Waals surface area contributed by atoms with Crippen LogP contribution in [0.25, 0.3) is 83.5 Å². The van der Waals surface area contributed by atoms with E-state index in [1.807, 2.05) is 0 Å². The lowest BCUT2D eigenvalue weighted by Crippen LogP contribution is -1.90. The summed E-state index contributed by atoms with van der Waals surface area (Å²) in [6, 6.07) is 67.7. The summed E-state index contributed by atoms with van der Waals surface area (Å²) in [5.74, 6) is 1.71. The number of rotatable bonds is 6. The SMILES string of the molecule is CC=C(C)c1cc(-c2ccccc2)cc(-c2ccc3c(c2)-c2ccccc2-c2cc(-c4cc(-c5ccccc5)cc(-c5ccccc5)c4)ccc2O3)c1. The van der Waals surface area contributed by atoms with E-state index in [0.29, 0.717) is 0 Å². The third-order valence-electron chi connectivity index (χ3n) is 10.4. The Labute approximate surface area is 312 Å². The maximum Gasteiger partial charge on any atom is 0.135 e. The fourth-order valence-corrected chi connectivity index (χ4v) is 7.46. The molecule has 0 radical (unpaired) electrons. The van der Waals surface area contributed by atoms with Crippen LogP contribution in [-0.2, 0) is 0 Å². The van der Waals surface area contributed by atoms with Gasteiger partial charge in [0.1, 0.15) is 11.5 Å². The molecule has 53 heavy (non-hydrogen) atoms. The number of benzene rings is 8. The average Bonchev–Trinajstić information content (AvgIpc) is 3.38. The second-order valence-electron chi connectivity index (χ2n) is 13.7. The van der Waals surface area contributed by atoms with E-state index in [1.54, 1.807) is 0 Å². The Morgan fingerprint density at radius 3 is 1.11 bits per heavy atom. The maximum atomic E-state index is 6.82. The molecular weight excluding hydrogens is 641 g/mol. The van der Waals surface area contributed by atoms with Gasteiger partial charge in [-0.05, 0) is 152 Å². The molecule has 252 valence electrons. The molecule has 0 unspecified atom stereocenters. The fraction of sp³-hybridized carbons (Fsp3) is 0.0385. The summed E-state index contributed by atoms with van der Waals surface area (Å²) in [5, 5.41) is 0. The Balaban J connectivity index is 1.17. The highest BCUT2D eigenvalue weighted by Gasteiger charge is 2.22. The van der Waals surface area contributed by atoms with Gasteiger partial charge in [0, 0.05) is 11.1 Å². The zero-order valence-electron chi connectivity index (χ0n) is 29.9. The summed E-state index contributed by atoms with van der Waals surface area (Å²) in [4.78, 5) is 0. The second kappa shape index (κ2) is 13.8. The largest absolute Gasteiger partial charge is 0.456 e. The van der Waals surface area contributed by atoms with E-state index in [0.717, 1.165) is 44.9 Å². The molecule has 0 atom stereocenters. The van der Waals surface area contributed by atoms with Crippen LogP contribution in [0, 0.1) is 0 Å². The van der Waals surface area contributed by atoms with Crippen LogP contribution < -0.4 is 4.74 Å². The van der Waals surface area contributed by atoms with E-state index >= 15 is 0 Å². The molecule has 0 N–H and O–H groups in total. The van der Waals surface area contributed by atoms with Crippen LogP contribution in [0.15, 0.2) is 194 Å². The van der Waals surface area contributed by atoms with Crippen LogP contribution in [0.2, 0.25) is 0 Å². The van der Waals surface area contributed by atoms with Crippen molar-refractivity contribution in [3.63, 3.8) is 0 Å². The third kappa shape index (κ3) is 6.28. The van der Waals surface area contributed by atoms with Gasteiger partial charge in [0.25, 0.3) is 0 Å². The Morgan fingerprint density at radius 2 is 0.698 bits per heavy atom. The Morgan fingerprint density at radius 1 is 0.340 bits per heavy atom. The van der Waals surface area contributed by atoms with Gasteiger partial charge >= 0.3 is 0 Å². The lowest BCUT2D eigenvalue weighted by Gasteiger charge is -2.14. The number of ether oxygens (including phenoxy) is 1. The Bertz CT molecular complexity index is 2570. The predicted molar refractivity (Wildman–Crippen MR) is 224 cm³/mol. The minimum absolute atomic E-state index is 0.854. The molecule has 0 aliphatic carbocycles. The van der Waals surface area contributed by atoms with Gasteiger partial charge in [0.05, 0.1) is 0 Å². The lowest BCUT2D eigenvalue weighted by atomic mass is 9.89. The van der Waals surface area contributed by atoms with Crippen molar-refractivity contribution in [1.29, 1.82) is 0 Å². The first-order valence-corrected chi connectivity index (χ1v) is 18.3. The molecular formula is C52H38O. The molecule has 0 saturated carbocycles. The summed E-state index contributed by atoms with van der Waals surface area (Å²) < 4.78 is 6.82. The number of fused-ring (bicyclic) bond motifs is 5. The van der Waals surface area contributed by atoms with Crippen LogP contribution in [0.4, 0.5) is 0 Å². The molecule has 0 saturated heterocycles. The van der Waals surface area contributed by atoms with E-state index in [1.165, 1.54) is 55.6 Å². The van der Waals surface area contributed by atoms with Crippen LogP contribution in [0.5, 0.6) is 11.5 Å². The molecule has 1 heterocycles. The molecule has 1 aliphatic rings. The fourth-order valence-electron chi connectivity index (χ4n) is 7.46. The molecule has 8 aromatic carbocycles. The van der Waals surface area contributed by atoms with Crippen molar-refractivity contribution >= 4 is 5.57 Å². The molecule has 0 spiro atoms. The van der Waals surface area contributed by atoms with Gasteiger partial charge in [0.2, 0.25) is 0 Å². The van der Waals surface area contributed by atoms with Gasteiger partial charge in [-0.3, -0.25) is 0 Å². The molecule has 0 fully saturated rings. The van der Waals surface area contributed by atoms with Crippen LogP contribution in [0.1, 0.15) is 19.4 Å². The minimum Gasteiger partial charge on any atom is -0.456 e. The first kappa shape index (κ1) is 32.2. The summed E-state index contributed by atoms with van der Waals surface area (Å²) in [6.07, 6.45) is 2.18. The zero-order valence-corrected chi connectivity index (χ0v) is 29.9. The van der Waals surface area contributed by atoms with Crippen molar-refractivity contribution < 1.29 is 4.74 Å². The van der Waals surface area contributed by atoms with E-state index in [-0.39, 0.29) is 0 Å². The van der Waals surface area contributed by atoms with Crippen molar-refractivity contribution in [2.75, 3.05) is 0 Å². The van der Waals surface area contributed by atoms with Crippen molar-refractivity contribution in [3.05, 3.63) is 200 Å². The van der Waals surface area contributed by atoms with Gasteiger partial charge in [0.15, 0.2) is 0 Å². The first-order chi connectivity index (χ1) is 26.1. The quantitative estimate of drug-likeness (QED) is 0.170. The zero-order chi connectivity index (χ0) is 35.7. The van der Waals surface area contributed by atoms with Gasteiger partial charge in [-0.15, -0.1) is 0 Å². The highest BCUT2D eigenvalue weighted by atomic mass is 16.5. The van der Waals surface area contributed by atoms with Crippen molar-refractivity contribution in [3.8, 4) is 89.4 Å². The monoisotopic (exact) mass is 678 g/mol. The van der Waals surface area contributed by atoms with Gasteiger partial charge < -0.3 is 4.74 Å². The third-order valence-corrected chi connectivity index (χ3v) is 10.4. The normalized spacial score (nSPS) is 11.8. The molecule has 1 heteroatoms. The number of hydrogen-bond donors (Lipinski definition) is 0. The van der Waals surface area contributed by atoms with Crippen LogP contribution in [0.3, 0.4) is 0 Å². The van der Waals surface area contributed by atoms with Gasteiger partial charge in [-0.2, -0.15) is 0 Å². The second-order valence-corrected chi connectivity index (χ2v) is 13.7. The first-order valence-electron chi connectivity index (χ1n) is 18.3. The van der Waals surface area contributed by atoms with E-state index in [9.17, 15) is 0 Å². The highest BCUT2D eigenvalue weighted by molar-refractivity contribution is 5.94. The van der Waals surface area contributed by atoms with Crippen LogP contribution in [-0.4, -0.2) is 0 Å². The smallest absolute Gasteiger partial charge is 0.135 e. The molecule has 9 rings (SSSR count). The van der Waals surface area contributed by atoms with E-state index in [2.05, 4.69) is 208 Å². The Kier molecular flexibility index (Phi) is 8.38. The van der Waals surface area contributed by atoms with E-state index < -0.39 is 0 Å². The lowest BCUT2D eigenvalue weighted by molar-refractivity contribution is 0.488. The topological polar surface area (TPSA) is 9.23 Å². The molecule has 1 aliphatic heterocycles. The minimum atomic E-state index is 0.854. The molecule has 0 aromatic heterocycles. The highest BCUT2D eigenvalue weighted by Crippen LogP contribution is 2.49. The molecule has 0 amide bonds. The van der Waals surface area contributed by atoms with Crippen molar-refractivity contribution in [2.45, 2.75) is 13.8 Å². The maximum absolute atomic E-state index is 6.82. The molecule has 1 nitrogen and oxygen atoms in total. The average molecular weight is 679 g/mol. The summed E-state index contributed by atoms with van der Waals surface area (Å²) in [5.41, 5.74) is 18.8. The van der Waals surface area contributed by atoms with Gasteiger partial charge in [-0.25, -0.2) is 0 Å². The summed E-state index contributed by atoms with van der Waals surface area (Å²) in [7, 11) is 0. The standard InChI is InChI=1S/C52H38O/c1-3-35(2)41-27-42(36-15-7-4-8-16-36)30-45(28-41)39-23-25-51-49(33-39)47-21-13-14-22-48(47)50-34-40(24-26-52(50)53-51)46-31-43(37-17-9-5-10-18-37)29-44(32-46)38-19-11-6-12-20-38/h3-34H,1-2H3. The molecule has 8 aromatic rings. The van der Waals surface area contributed by atoms with Crippen molar-refractivity contribution in [2.24, 2.45) is 0 Å². The van der Waals surface area contributed by atoms with Crippen molar-refractivity contribution in [1.82, 2.24) is 0 Å². The van der Waals surface area contributed by atoms with E-state index in [4.69, 9.17) is 4.74 Å². The summed E-state index contributed by atoms with van der Waals surface area (Å²) >= 11 is 0. The summed E-state index contributed by atoms with van der Waals surface area (Å²) in [6.45, 7) is 4.28. The Hall–Kier alpha value is -6.70. The van der Waals surface area contributed by atoms with Crippen LogP contribution >= 0.6 is 0 Å². The predicted octanol–water partition coefficient (Wildman–Crippen LogP) is 14.9. The number of hydrogen-bond acceptors (Lipinski definition) is 1.